The van der Waals surface area contributed by atoms with Crippen LogP contribution in [0.3, 0.4) is 0 Å². The summed E-state index contributed by atoms with van der Waals surface area (Å²) in [5.41, 5.74) is 1.79. The number of nitrogens with zero attached hydrogens (tertiary/aromatic N) is 2. The van der Waals surface area contributed by atoms with Gasteiger partial charge in [0.05, 0.1) is 11.2 Å². The van der Waals surface area contributed by atoms with Crippen LogP contribution in [0.5, 0.6) is 5.75 Å². The van der Waals surface area contributed by atoms with Crippen molar-refractivity contribution >= 4 is 12.6 Å². The second-order valence-electron chi connectivity index (χ2n) is 7.68. The topological polar surface area (TPSA) is 77.6 Å². The van der Waals surface area contributed by atoms with Crippen molar-refractivity contribution in [3.05, 3.63) is 48.5 Å². The highest BCUT2D eigenvalue weighted by Crippen LogP contribution is 2.36. The van der Waals surface area contributed by atoms with E-state index in [9.17, 15) is 5.11 Å². The van der Waals surface area contributed by atoms with Crippen molar-refractivity contribution in [2.45, 2.75) is 38.9 Å². The summed E-state index contributed by atoms with van der Waals surface area (Å²) in [7, 11) is -0.401. The minimum atomic E-state index is -0.401. The molecule has 0 spiro atoms. The van der Waals surface area contributed by atoms with Gasteiger partial charge in [0.1, 0.15) is 5.75 Å². The second kappa shape index (κ2) is 6.21. The standard InChI is InChI=1S/C20H21BN2O4/c1-19(2)20(3,4)27-21(26-19)15-9-5-13(6-10-15)17-22-18(25-23-17)14-7-11-16(24)12-8-14/h5-12,24H,1-4H3. The van der Waals surface area contributed by atoms with E-state index in [-0.39, 0.29) is 17.0 Å². The van der Waals surface area contributed by atoms with Crippen LogP contribution < -0.4 is 5.46 Å². The van der Waals surface area contributed by atoms with Crippen LogP contribution in [0.25, 0.3) is 22.8 Å². The largest absolute Gasteiger partial charge is 0.508 e. The molecule has 1 saturated heterocycles. The molecule has 4 rings (SSSR count). The maximum Gasteiger partial charge on any atom is 0.494 e. The Morgan fingerprint density at radius 1 is 0.815 bits per heavy atom. The fraction of sp³-hybridized carbons (Fsp3) is 0.300. The van der Waals surface area contributed by atoms with Gasteiger partial charge >= 0.3 is 7.12 Å². The minimum absolute atomic E-state index is 0.191. The fourth-order valence-electron chi connectivity index (χ4n) is 2.83. The van der Waals surface area contributed by atoms with Crippen LogP contribution in [0.2, 0.25) is 0 Å². The zero-order valence-corrected chi connectivity index (χ0v) is 15.8. The SMILES string of the molecule is CC1(C)OB(c2ccc(-c3noc(-c4ccc(O)cc4)n3)cc2)OC1(C)C. The Hall–Kier alpha value is -2.64. The molecule has 1 aromatic heterocycles. The minimum Gasteiger partial charge on any atom is -0.508 e. The van der Waals surface area contributed by atoms with E-state index < -0.39 is 7.12 Å². The highest BCUT2D eigenvalue weighted by atomic mass is 16.7. The van der Waals surface area contributed by atoms with E-state index in [2.05, 4.69) is 10.1 Å². The Morgan fingerprint density at radius 2 is 1.37 bits per heavy atom. The summed E-state index contributed by atoms with van der Waals surface area (Å²) < 4.78 is 17.5. The smallest absolute Gasteiger partial charge is 0.494 e. The molecule has 7 heteroatoms. The molecule has 0 atom stereocenters. The first-order valence-electron chi connectivity index (χ1n) is 8.84. The van der Waals surface area contributed by atoms with Gasteiger partial charge in [0, 0.05) is 11.1 Å². The van der Waals surface area contributed by atoms with Gasteiger partial charge in [0.15, 0.2) is 0 Å². The molecule has 1 fully saturated rings. The maximum absolute atomic E-state index is 9.38. The highest BCUT2D eigenvalue weighted by Gasteiger charge is 2.51. The predicted octanol–water partition coefficient (Wildman–Crippen LogP) is 3.41. The van der Waals surface area contributed by atoms with Gasteiger partial charge in [-0.15, -0.1) is 0 Å². The van der Waals surface area contributed by atoms with E-state index in [1.54, 1.807) is 24.3 Å². The third-order valence-electron chi connectivity index (χ3n) is 5.23. The van der Waals surface area contributed by atoms with E-state index in [4.69, 9.17) is 13.8 Å². The molecule has 2 aromatic carbocycles. The van der Waals surface area contributed by atoms with Gasteiger partial charge in [0.2, 0.25) is 5.82 Å². The highest BCUT2D eigenvalue weighted by molar-refractivity contribution is 6.62. The van der Waals surface area contributed by atoms with Crippen molar-refractivity contribution in [1.29, 1.82) is 0 Å². The van der Waals surface area contributed by atoms with Crippen molar-refractivity contribution in [3.8, 4) is 28.6 Å². The lowest BCUT2D eigenvalue weighted by Crippen LogP contribution is -2.41. The van der Waals surface area contributed by atoms with Crippen molar-refractivity contribution in [1.82, 2.24) is 10.1 Å². The molecule has 0 radical (unpaired) electrons. The van der Waals surface area contributed by atoms with Crippen molar-refractivity contribution in [3.63, 3.8) is 0 Å². The van der Waals surface area contributed by atoms with Crippen LogP contribution in [-0.2, 0) is 9.31 Å². The molecule has 0 unspecified atom stereocenters. The zero-order valence-electron chi connectivity index (χ0n) is 15.8. The summed E-state index contributed by atoms with van der Waals surface area (Å²) in [5, 5.41) is 13.4. The first-order chi connectivity index (χ1) is 12.7. The zero-order chi connectivity index (χ0) is 19.2. The van der Waals surface area contributed by atoms with Crippen LogP contribution in [0.4, 0.5) is 0 Å². The number of rotatable bonds is 3. The van der Waals surface area contributed by atoms with Crippen molar-refractivity contribution in [2.75, 3.05) is 0 Å². The molecule has 2 heterocycles. The van der Waals surface area contributed by atoms with Crippen LogP contribution in [0.1, 0.15) is 27.7 Å². The van der Waals surface area contributed by atoms with E-state index in [1.807, 2.05) is 52.0 Å². The number of aromatic hydroxyl groups is 1. The summed E-state index contributed by atoms with van der Waals surface area (Å²) in [6.45, 7) is 8.13. The summed E-state index contributed by atoms with van der Waals surface area (Å²) >= 11 is 0. The van der Waals surface area contributed by atoms with Gasteiger partial charge in [-0.3, -0.25) is 0 Å². The summed E-state index contributed by atoms with van der Waals surface area (Å²) in [5.74, 6) is 1.09. The molecule has 0 amide bonds. The molecular formula is C20H21BN2O4. The first-order valence-corrected chi connectivity index (χ1v) is 8.84. The maximum atomic E-state index is 9.38. The van der Waals surface area contributed by atoms with E-state index in [0.29, 0.717) is 11.7 Å². The van der Waals surface area contributed by atoms with Gasteiger partial charge in [-0.1, -0.05) is 29.4 Å². The Morgan fingerprint density at radius 3 is 1.96 bits per heavy atom. The average molecular weight is 364 g/mol. The lowest BCUT2D eigenvalue weighted by Gasteiger charge is -2.32. The number of aromatic nitrogens is 2. The molecule has 0 bridgehead atoms. The molecule has 1 N–H and O–H groups in total. The Balaban J connectivity index is 1.54. The molecule has 1 aliphatic heterocycles. The first kappa shape index (κ1) is 17.8. The molecule has 138 valence electrons. The number of phenolic OH excluding ortho intramolecular Hbond substituents is 1. The van der Waals surface area contributed by atoms with Crippen molar-refractivity contribution in [2.24, 2.45) is 0 Å². The lowest BCUT2D eigenvalue weighted by molar-refractivity contribution is 0.00578. The summed E-state index contributed by atoms with van der Waals surface area (Å²) in [6.07, 6.45) is 0. The van der Waals surface area contributed by atoms with Crippen LogP contribution in [-0.4, -0.2) is 33.6 Å². The summed E-state index contributed by atoms with van der Waals surface area (Å²) in [6, 6.07) is 14.4. The van der Waals surface area contributed by atoms with Crippen LogP contribution in [0.15, 0.2) is 53.1 Å². The quantitative estimate of drug-likeness (QED) is 0.718. The number of phenols is 1. The lowest BCUT2D eigenvalue weighted by atomic mass is 9.79. The number of benzene rings is 2. The summed E-state index contributed by atoms with van der Waals surface area (Å²) in [4.78, 5) is 4.43. The molecule has 27 heavy (non-hydrogen) atoms. The van der Waals surface area contributed by atoms with E-state index in [1.165, 1.54) is 0 Å². The molecule has 0 saturated carbocycles. The van der Waals surface area contributed by atoms with Crippen LogP contribution in [0, 0.1) is 0 Å². The van der Waals surface area contributed by atoms with Gasteiger partial charge in [-0.2, -0.15) is 4.98 Å². The second-order valence-corrected chi connectivity index (χ2v) is 7.68. The molecule has 3 aromatic rings. The monoisotopic (exact) mass is 364 g/mol. The Labute approximate surface area is 158 Å². The Bertz CT molecular complexity index is 933. The van der Waals surface area contributed by atoms with Gasteiger partial charge < -0.3 is 18.9 Å². The predicted molar refractivity (Wildman–Crippen MR) is 103 cm³/mol. The Kier molecular flexibility index (Phi) is 4.09. The fourth-order valence-corrected chi connectivity index (χ4v) is 2.83. The normalized spacial score (nSPS) is 18.0. The third kappa shape index (κ3) is 3.24. The number of hydrogen-bond acceptors (Lipinski definition) is 6. The average Bonchev–Trinajstić information content (AvgIpc) is 3.19. The van der Waals surface area contributed by atoms with Gasteiger partial charge in [0.25, 0.3) is 5.89 Å². The van der Waals surface area contributed by atoms with E-state index >= 15 is 0 Å². The molecule has 0 aliphatic carbocycles. The third-order valence-corrected chi connectivity index (χ3v) is 5.23. The van der Waals surface area contributed by atoms with Crippen molar-refractivity contribution < 1.29 is 18.9 Å². The molecule has 1 aliphatic rings. The van der Waals surface area contributed by atoms with Gasteiger partial charge in [-0.25, -0.2) is 0 Å². The van der Waals surface area contributed by atoms with Crippen LogP contribution >= 0.6 is 0 Å². The van der Waals surface area contributed by atoms with Gasteiger partial charge in [-0.05, 0) is 57.4 Å². The van der Waals surface area contributed by atoms with E-state index in [0.717, 1.165) is 16.6 Å². The molecular weight excluding hydrogens is 343 g/mol. The molecule has 6 nitrogen and oxygen atoms in total. The number of hydrogen-bond donors (Lipinski definition) is 1.